The Morgan fingerprint density at radius 3 is 2.50 bits per heavy atom. The standard InChI is InChI=1S/C14H23NO2.ClH/c1-4-6-7-12(15)11-8-9-13(16-3)14(10-11)17-5-2;/h8-10,12H,4-7,15H2,1-3H3;1H/t12-;/m1./s1. The molecule has 0 unspecified atom stereocenters. The summed E-state index contributed by atoms with van der Waals surface area (Å²) in [5, 5.41) is 0. The molecule has 0 amide bonds. The third-order valence-electron chi connectivity index (χ3n) is 2.78. The highest BCUT2D eigenvalue weighted by molar-refractivity contribution is 5.85. The molecule has 3 nitrogen and oxygen atoms in total. The van der Waals surface area contributed by atoms with Crippen molar-refractivity contribution in [3.63, 3.8) is 0 Å². The Bertz CT molecular complexity index is 345. The van der Waals surface area contributed by atoms with Gasteiger partial charge in [-0.25, -0.2) is 0 Å². The fraction of sp³-hybridized carbons (Fsp3) is 0.571. The van der Waals surface area contributed by atoms with E-state index in [4.69, 9.17) is 15.2 Å². The van der Waals surface area contributed by atoms with Gasteiger partial charge in [-0.15, -0.1) is 12.4 Å². The summed E-state index contributed by atoms with van der Waals surface area (Å²) in [6.45, 7) is 4.76. The molecule has 1 atom stereocenters. The topological polar surface area (TPSA) is 44.5 Å². The van der Waals surface area contributed by atoms with Gasteiger partial charge in [0.05, 0.1) is 13.7 Å². The first-order valence-electron chi connectivity index (χ1n) is 6.29. The summed E-state index contributed by atoms with van der Waals surface area (Å²) in [5.41, 5.74) is 7.25. The zero-order chi connectivity index (χ0) is 12.7. The number of nitrogens with two attached hydrogens (primary N) is 1. The van der Waals surface area contributed by atoms with E-state index in [0.29, 0.717) is 6.61 Å². The molecule has 0 aliphatic carbocycles. The van der Waals surface area contributed by atoms with Crippen LogP contribution < -0.4 is 15.2 Å². The molecule has 1 aromatic rings. The van der Waals surface area contributed by atoms with Crippen LogP contribution in [0.1, 0.15) is 44.7 Å². The van der Waals surface area contributed by atoms with Crippen molar-refractivity contribution in [3.8, 4) is 11.5 Å². The molecule has 1 rings (SSSR count). The second-order valence-corrected chi connectivity index (χ2v) is 4.09. The van der Waals surface area contributed by atoms with Gasteiger partial charge in [-0.3, -0.25) is 0 Å². The quantitative estimate of drug-likeness (QED) is 0.824. The van der Waals surface area contributed by atoms with E-state index in [-0.39, 0.29) is 18.4 Å². The smallest absolute Gasteiger partial charge is 0.161 e. The molecule has 0 spiro atoms. The molecule has 4 heteroatoms. The Hall–Kier alpha value is -0.930. The van der Waals surface area contributed by atoms with E-state index in [1.165, 1.54) is 6.42 Å². The van der Waals surface area contributed by atoms with Crippen LogP contribution in [0.5, 0.6) is 11.5 Å². The Labute approximate surface area is 116 Å². The van der Waals surface area contributed by atoms with Gasteiger partial charge in [0.15, 0.2) is 11.5 Å². The number of ether oxygens (including phenoxy) is 2. The van der Waals surface area contributed by atoms with E-state index in [0.717, 1.165) is 29.9 Å². The first-order valence-corrected chi connectivity index (χ1v) is 6.29. The van der Waals surface area contributed by atoms with Gasteiger partial charge in [0, 0.05) is 6.04 Å². The SMILES string of the molecule is CCCC[C@@H](N)c1ccc(OC)c(OCC)c1.Cl. The van der Waals surface area contributed by atoms with Crippen molar-refractivity contribution in [1.29, 1.82) is 0 Å². The lowest BCUT2D eigenvalue weighted by Crippen LogP contribution is -2.10. The zero-order valence-electron chi connectivity index (χ0n) is 11.4. The molecule has 0 aliphatic rings. The Balaban J connectivity index is 0.00000289. The zero-order valence-corrected chi connectivity index (χ0v) is 12.3. The lowest BCUT2D eigenvalue weighted by Gasteiger charge is -2.15. The van der Waals surface area contributed by atoms with Crippen molar-refractivity contribution in [1.82, 2.24) is 0 Å². The number of methoxy groups -OCH3 is 1. The van der Waals surface area contributed by atoms with E-state index >= 15 is 0 Å². The summed E-state index contributed by atoms with van der Waals surface area (Å²) in [4.78, 5) is 0. The summed E-state index contributed by atoms with van der Waals surface area (Å²) in [7, 11) is 1.65. The molecular weight excluding hydrogens is 250 g/mol. The molecule has 0 fully saturated rings. The Kier molecular flexibility index (Phi) is 8.59. The highest BCUT2D eigenvalue weighted by Gasteiger charge is 2.10. The van der Waals surface area contributed by atoms with Gasteiger partial charge >= 0.3 is 0 Å². The first kappa shape index (κ1) is 17.1. The molecule has 104 valence electrons. The van der Waals surface area contributed by atoms with E-state index in [2.05, 4.69) is 6.92 Å². The van der Waals surface area contributed by atoms with Crippen molar-refractivity contribution < 1.29 is 9.47 Å². The van der Waals surface area contributed by atoms with Crippen LogP contribution in [-0.4, -0.2) is 13.7 Å². The number of hydrogen-bond donors (Lipinski definition) is 1. The van der Waals surface area contributed by atoms with Crippen LogP contribution >= 0.6 is 12.4 Å². The molecular formula is C14H24ClNO2. The third-order valence-corrected chi connectivity index (χ3v) is 2.78. The third kappa shape index (κ3) is 4.75. The van der Waals surface area contributed by atoms with E-state index in [9.17, 15) is 0 Å². The summed E-state index contributed by atoms with van der Waals surface area (Å²) in [6.07, 6.45) is 3.33. The lowest BCUT2D eigenvalue weighted by molar-refractivity contribution is 0.310. The fourth-order valence-corrected chi connectivity index (χ4v) is 1.78. The maximum Gasteiger partial charge on any atom is 0.161 e. The second-order valence-electron chi connectivity index (χ2n) is 4.09. The van der Waals surface area contributed by atoms with Gasteiger partial charge < -0.3 is 15.2 Å². The molecule has 0 heterocycles. The second kappa shape index (κ2) is 9.06. The van der Waals surface area contributed by atoms with Gasteiger partial charge in [0.1, 0.15) is 0 Å². The fourth-order valence-electron chi connectivity index (χ4n) is 1.78. The lowest BCUT2D eigenvalue weighted by atomic mass is 10.0. The largest absolute Gasteiger partial charge is 0.493 e. The summed E-state index contributed by atoms with van der Waals surface area (Å²) >= 11 is 0. The van der Waals surface area contributed by atoms with E-state index in [1.54, 1.807) is 7.11 Å². The minimum Gasteiger partial charge on any atom is -0.493 e. The number of benzene rings is 1. The Morgan fingerprint density at radius 1 is 1.22 bits per heavy atom. The van der Waals surface area contributed by atoms with Gasteiger partial charge in [0.2, 0.25) is 0 Å². The maximum absolute atomic E-state index is 6.14. The van der Waals surface area contributed by atoms with Gasteiger partial charge in [-0.05, 0) is 31.0 Å². The first-order chi connectivity index (χ1) is 8.22. The van der Waals surface area contributed by atoms with Crippen molar-refractivity contribution in [2.45, 2.75) is 39.2 Å². The highest BCUT2D eigenvalue weighted by Crippen LogP contribution is 2.30. The molecule has 0 saturated heterocycles. The molecule has 0 aromatic heterocycles. The van der Waals surface area contributed by atoms with Gasteiger partial charge in [-0.1, -0.05) is 25.8 Å². The van der Waals surface area contributed by atoms with Gasteiger partial charge in [-0.2, -0.15) is 0 Å². The van der Waals surface area contributed by atoms with Crippen LogP contribution in [0.25, 0.3) is 0 Å². The molecule has 0 aliphatic heterocycles. The highest BCUT2D eigenvalue weighted by atomic mass is 35.5. The number of unbranched alkanes of at least 4 members (excludes halogenated alkanes) is 1. The maximum atomic E-state index is 6.14. The van der Waals surface area contributed by atoms with Crippen LogP contribution in [0.4, 0.5) is 0 Å². The average molecular weight is 274 g/mol. The summed E-state index contributed by atoms with van der Waals surface area (Å²) < 4.78 is 10.8. The molecule has 0 bridgehead atoms. The average Bonchev–Trinajstić information content (AvgIpc) is 2.36. The Morgan fingerprint density at radius 2 is 1.94 bits per heavy atom. The van der Waals surface area contributed by atoms with Crippen molar-refractivity contribution >= 4 is 12.4 Å². The van der Waals surface area contributed by atoms with Crippen molar-refractivity contribution in [2.24, 2.45) is 5.73 Å². The predicted octanol–water partition coefficient (Wildman–Crippen LogP) is 3.71. The van der Waals surface area contributed by atoms with E-state index in [1.807, 2.05) is 25.1 Å². The van der Waals surface area contributed by atoms with Crippen LogP contribution in [-0.2, 0) is 0 Å². The number of halogens is 1. The predicted molar refractivity (Wildman–Crippen MR) is 77.9 cm³/mol. The summed E-state index contributed by atoms with van der Waals surface area (Å²) in [6, 6.07) is 6.01. The van der Waals surface area contributed by atoms with Crippen LogP contribution in [0.15, 0.2) is 18.2 Å². The molecule has 1 aromatic carbocycles. The minimum absolute atomic E-state index is 0. The summed E-state index contributed by atoms with van der Waals surface area (Å²) in [5.74, 6) is 1.54. The monoisotopic (exact) mass is 273 g/mol. The van der Waals surface area contributed by atoms with Gasteiger partial charge in [0.25, 0.3) is 0 Å². The van der Waals surface area contributed by atoms with Crippen LogP contribution in [0.3, 0.4) is 0 Å². The molecule has 0 radical (unpaired) electrons. The molecule has 18 heavy (non-hydrogen) atoms. The number of hydrogen-bond acceptors (Lipinski definition) is 3. The number of rotatable bonds is 7. The van der Waals surface area contributed by atoms with Crippen molar-refractivity contribution in [2.75, 3.05) is 13.7 Å². The molecule has 2 N–H and O–H groups in total. The normalized spacial score (nSPS) is 11.6. The molecule has 0 saturated carbocycles. The van der Waals surface area contributed by atoms with Crippen LogP contribution in [0.2, 0.25) is 0 Å². The van der Waals surface area contributed by atoms with Crippen molar-refractivity contribution in [3.05, 3.63) is 23.8 Å². The van der Waals surface area contributed by atoms with E-state index < -0.39 is 0 Å². The minimum atomic E-state index is 0. The van der Waals surface area contributed by atoms with Crippen LogP contribution in [0, 0.1) is 0 Å².